The molecule has 23 heavy (non-hydrogen) atoms. The molecule has 0 spiro atoms. The number of piperazine rings is 1. The zero-order valence-corrected chi connectivity index (χ0v) is 12.4. The van der Waals surface area contributed by atoms with Crippen molar-refractivity contribution in [1.29, 1.82) is 0 Å². The summed E-state index contributed by atoms with van der Waals surface area (Å²) in [7, 11) is 0. The minimum atomic E-state index is -0.748. The third-order valence-electron chi connectivity index (χ3n) is 3.99. The first-order valence-electron chi connectivity index (χ1n) is 7.29. The fourth-order valence-corrected chi connectivity index (χ4v) is 2.69. The summed E-state index contributed by atoms with van der Waals surface area (Å²) in [6.45, 7) is 1.60. The van der Waals surface area contributed by atoms with E-state index in [9.17, 15) is 19.2 Å². The van der Waals surface area contributed by atoms with Crippen LogP contribution in [0.2, 0.25) is 0 Å². The van der Waals surface area contributed by atoms with E-state index < -0.39 is 11.1 Å². The van der Waals surface area contributed by atoms with Crippen molar-refractivity contribution >= 4 is 23.4 Å². The third kappa shape index (κ3) is 2.87. The molecule has 120 valence electrons. The number of nitrogens with zero attached hydrogens (tertiary/aromatic N) is 3. The number of H-pyrrole nitrogens is 1. The average molecular weight is 316 g/mol. The lowest BCUT2D eigenvalue weighted by molar-refractivity contribution is -0.135. The second-order valence-corrected chi connectivity index (χ2v) is 5.38. The lowest BCUT2D eigenvalue weighted by Crippen LogP contribution is -2.50. The van der Waals surface area contributed by atoms with Crippen LogP contribution in [0.25, 0.3) is 11.0 Å². The van der Waals surface area contributed by atoms with E-state index in [4.69, 9.17) is 0 Å². The summed E-state index contributed by atoms with van der Waals surface area (Å²) >= 11 is 0. The molecule has 0 aliphatic carbocycles. The van der Waals surface area contributed by atoms with Crippen LogP contribution in [0.3, 0.4) is 0 Å². The van der Waals surface area contributed by atoms with Gasteiger partial charge in [-0.2, -0.15) is 0 Å². The molecule has 1 aromatic carbocycles. The van der Waals surface area contributed by atoms with Crippen molar-refractivity contribution in [2.45, 2.75) is 6.54 Å². The fraction of sp³-hybridized carbons (Fsp3) is 0.333. The highest BCUT2D eigenvalue weighted by molar-refractivity contribution is 5.80. The number of carbonyl (C=O) groups excluding carboxylic acids is 2. The van der Waals surface area contributed by atoms with Gasteiger partial charge in [0.15, 0.2) is 0 Å². The van der Waals surface area contributed by atoms with E-state index in [1.165, 1.54) is 4.57 Å². The second-order valence-electron chi connectivity index (χ2n) is 5.38. The van der Waals surface area contributed by atoms with Gasteiger partial charge in [-0.1, -0.05) is 12.1 Å². The van der Waals surface area contributed by atoms with E-state index in [0.717, 1.165) is 6.41 Å². The summed E-state index contributed by atoms with van der Waals surface area (Å²) in [6.07, 6.45) is 0.760. The Labute approximate surface area is 130 Å². The molecule has 1 aromatic heterocycles. The molecule has 1 aliphatic heterocycles. The molecule has 2 heterocycles. The predicted octanol–water partition coefficient (Wildman–Crippen LogP) is -1.01. The van der Waals surface area contributed by atoms with Crippen molar-refractivity contribution < 1.29 is 9.59 Å². The molecule has 2 aromatic rings. The number of aromatic amines is 1. The topological polar surface area (TPSA) is 95.5 Å². The number of hydrogen-bond donors (Lipinski definition) is 1. The van der Waals surface area contributed by atoms with Gasteiger partial charge in [-0.05, 0) is 12.1 Å². The van der Waals surface area contributed by atoms with Crippen LogP contribution >= 0.6 is 0 Å². The number of amides is 2. The average Bonchev–Trinajstić information content (AvgIpc) is 2.59. The first kappa shape index (κ1) is 15.0. The van der Waals surface area contributed by atoms with E-state index in [2.05, 4.69) is 4.98 Å². The Hall–Kier alpha value is -2.90. The highest BCUT2D eigenvalue weighted by Crippen LogP contribution is 2.08. The molecule has 1 aliphatic rings. The molecule has 1 N–H and O–H groups in total. The van der Waals surface area contributed by atoms with E-state index in [-0.39, 0.29) is 12.5 Å². The summed E-state index contributed by atoms with van der Waals surface area (Å²) in [5, 5.41) is 0. The van der Waals surface area contributed by atoms with Gasteiger partial charge in [-0.3, -0.25) is 23.7 Å². The minimum absolute atomic E-state index is 0.190. The molecule has 3 rings (SSSR count). The molecule has 0 bridgehead atoms. The highest BCUT2D eigenvalue weighted by Gasteiger charge is 2.21. The van der Waals surface area contributed by atoms with Crippen LogP contribution in [-0.4, -0.2) is 57.8 Å². The van der Waals surface area contributed by atoms with Crippen LogP contribution in [0.1, 0.15) is 0 Å². The van der Waals surface area contributed by atoms with Gasteiger partial charge in [0.2, 0.25) is 12.3 Å². The van der Waals surface area contributed by atoms with Crippen molar-refractivity contribution in [3.8, 4) is 0 Å². The summed E-state index contributed by atoms with van der Waals surface area (Å²) in [4.78, 5) is 52.6. The molecule has 0 saturated carbocycles. The summed E-state index contributed by atoms with van der Waals surface area (Å²) in [5.41, 5.74) is -0.474. The summed E-state index contributed by atoms with van der Waals surface area (Å²) in [6, 6.07) is 6.85. The van der Waals surface area contributed by atoms with Crippen molar-refractivity contribution in [3.63, 3.8) is 0 Å². The zero-order chi connectivity index (χ0) is 16.4. The molecule has 0 atom stereocenters. The molecule has 8 nitrogen and oxygen atoms in total. The van der Waals surface area contributed by atoms with E-state index in [1.54, 1.807) is 34.1 Å². The number of benzene rings is 1. The van der Waals surface area contributed by atoms with Gasteiger partial charge in [-0.25, -0.2) is 0 Å². The minimum Gasteiger partial charge on any atom is -0.342 e. The lowest BCUT2D eigenvalue weighted by Gasteiger charge is -2.32. The molecule has 8 heteroatoms. The standard InChI is InChI=1S/C15H16N4O4/c20-10-17-5-7-18(8-6-17)13(21)9-19-12-4-2-1-3-11(12)16-14(22)15(19)23/h1-4,10H,5-9H2,(H,16,22). The maximum absolute atomic E-state index is 12.4. The van der Waals surface area contributed by atoms with E-state index >= 15 is 0 Å². The Bertz CT molecular complexity index is 862. The van der Waals surface area contributed by atoms with Crippen molar-refractivity contribution in [2.75, 3.05) is 26.2 Å². The fourth-order valence-electron chi connectivity index (χ4n) is 2.69. The van der Waals surface area contributed by atoms with Crippen molar-refractivity contribution in [2.24, 2.45) is 0 Å². The van der Waals surface area contributed by atoms with Gasteiger partial charge in [0, 0.05) is 26.2 Å². The Morgan fingerprint density at radius 1 is 1.13 bits per heavy atom. The monoisotopic (exact) mass is 316 g/mol. The molecule has 2 amide bonds. The SMILES string of the molecule is O=CN1CCN(C(=O)Cn2c(=O)c(=O)[nH]c3ccccc32)CC1. The van der Waals surface area contributed by atoms with Gasteiger partial charge < -0.3 is 14.8 Å². The third-order valence-corrected chi connectivity index (χ3v) is 3.99. The van der Waals surface area contributed by atoms with Gasteiger partial charge in [0.05, 0.1) is 11.0 Å². The van der Waals surface area contributed by atoms with Gasteiger partial charge in [-0.15, -0.1) is 0 Å². The smallest absolute Gasteiger partial charge is 0.317 e. The Kier molecular flexibility index (Phi) is 3.96. The number of rotatable bonds is 3. The Balaban J connectivity index is 1.88. The molecular formula is C15H16N4O4. The molecule has 1 saturated heterocycles. The van der Waals surface area contributed by atoms with Crippen molar-refractivity contribution in [1.82, 2.24) is 19.4 Å². The molecular weight excluding hydrogens is 300 g/mol. The predicted molar refractivity (Wildman–Crippen MR) is 83.0 cm³/mol. The van der Waals surface area contributed by atoms with Crippen LogP contribution in [0.15, 0.2) is 33.9 Å². The number of aromatic nitrogens is 2. The van der Waals surface area contributed by atoms with Gasteiger partial charge in [0.1, 0.15) is 6.54 Å². The van der Waals surface area contributed by atoms with Crippen LogP contribution in [0.4, 0.5) is 0 Å². The van der Waals surface area contributed by atoms with Gasteiger partial charge >= 0.3 is 11.1 Å². The zero-order valence-electron chi connectivity index (χ0n) is 12.4. The van der Waals surface area contributed by atoms with Crippen LogP contribution in [0, 0.1) is 0 Å². The number of para-hydroxylation sites is 2. The highest BCUT2D eigenvalue weighted by atomic mass is 16.2. The Morgan fingerprint density at radius 2 is 1.83 bits per heavy atom. The first-order valence-corrected chi connectivity index (χ1v) is 7.29. The number of nitrogens with one attached hydrogen (secondary N) is 1. The largest absolute Gasteiger partial charge is 0.342 e. The van der Waals surface area contributed by atoms with Crippen molar-refractivity contribution in [3.05, 3.63) is 45.0 Å². The second kappa shape index (κ2) is 6.07. The first-order chi connectivity index (χ1) is 11.1. The number of hydrogen-bond acceptors (Lipinski definition) is 4. The van der Waals surface area contributed by atoms with Crippen LogP contribution in [-0.2, 0) is 16.1 Å². The maximum atomic E-state index is 12.4. The Morgan fingerprint density at radius 3 is 2.52 bits per heavy atom. The van der Waals surface area contributed by atoms with Crippen LogP contribution in [0.5, 0.6) is 0 Å². The molecule has 0 unspecified atom stereocenters. The lowest BCUT2D eigenvalue weighted by atomic mass is 10.3. The quantitative estimate of drug-likeness (QED) is 0.580. The van der Waals surface area contributed by atoms with E-state index in [0.29, 0.717) is 37.2 Å². The molecule has 1 fully saturated rings. The number of carbonyl (C=O) groups is 2. The summed E-state index contributed by atoms with van der Waals surface area (Å²) < 4.78 is 1.20. The maximum Gasteiger partial charge on any atom is 0.317 e. The molecule has 0 radical (unpaired) electrons. The normalized spacial score (nSPS) is 15.0. The van der Waals surface area contributed by atoms with E-state index in [1.807, 2.05) is 0 Å². The van der Waals surface area contributed by atoms with Crippen LogP contribution < -0.4 is 11.1 Å². The summed E-state index contributed by atoms with van der Waals surface area (Å²) in [5.74, 6) is -0.242. The van der Waals surface area contributed by atoms with Gasteiger partial charge in [0.25, 0.3) is 0 Å². The number of fused-ring (bicyclic) bond motifs is 1.